The lowest BCUT2D eigenvalue weighted by Gasteiger charge is -2.25. The van der Waals surface area contributed by atoms with E-state index >= 15 is 0 Å². The first-order valence-electron chi connectivity index (χ1n) is 5.71. The zero-order valence-corrected chi connectivity index (χ0v) is 10.0. The summed E-state index contributed by atoms with van der Waals surface area (Å²) in [5.74, 6) is 6.32. The average molecular weight is 204 g/mol. The Hall–Kier alpha value is -1.03. The molecule has 0 aromatic heterocycles. The van der Waals surface area contributed by atoms with Crippen LogP contribution in [-0.2, 0) is 4.79 Å². The third-order valence-corrected chi connectivity index (χ3v) is 3.03. The Labute approximate surface area is 92.9 Å². The summed E-state index contributed by atoms with van der Waals surface area (Å²) in [4.78, 5) is 11.6. The van der Waals surface area contributed by atoms with E-state index < -0.39 is 0 Å². The molecule has 0 amide bonds. The van der Waals surface area contributed by atoms with Gasteiger partial charge in [-0.15, -0.1) is 11.8 Å². The van der Waals surface area contributed by atoms with Crippen LogP contribution in [0.15, 0.2) is 11.6 Å². The predicted octanol–water partition coefficient (Wildman–Crippen LogP) is 3.50. The van der Waals surface area contributed by atoms with Crippen molar-refractivity contribution in [2.75, 3.05) is 0 Å². The number of carbonyl (C=O) groups excluding carboxylic acids is 1. The van der Waals surface area contributed by atoms with Crippen molar-refractivity contribution in [1.82, 2.24) is 0 Å². The summed E-state index contributed by atoms with van der Waals surface area (Å²) in [6.45, 7) is 6.21. The van der Waals surface area contributed by atoms with Crippen molar-refractivity contribution in [3.63, 3.8) is 0 Å². The van der Waals surface area contributed by atoms with Crippen molar-refractivity contribution >= 4 is 5.78 Å². The van der Waals surface area contributed by atoms with Crippen LogP contribution in [0, 0.1) is 17.3 Å². The quantitative estimate of drug-likeness (QED) is 0.506. The fraction of sp³-hybridized carbons (Fsp3) is 0.643. The zero-order valence-electron chi connectivity index (χ0n) is 10.0. The lowest BCUT2D eigenvalue weighted by Crippen LogP contribution is -2.18. The molecule has 0 unspecified atom stereocenters. The van der Waals surface area contributed by atoms with Gasteiger partial charge < -0.3 is 0 Å². The number of allylic oxidation sites excluding steroid dienone is 2. The third-order valence-electron chi connectivity index (χ3n) is 3.03. The summed E-state index contributed by atoms with van der Waals surface area (Å²) in [6.07, 6.45) is 6.85. The molecule has 0 bridgehead atoms. The lowest BCUT2D eigenvalue weighted by atomic mass is 9.79. The van der Waals surface area contributed by atoms with Gasteiger partial charge in [0.05, 0.1) is 0 Å². The lowest BCUT2D eigenvalue weighted by molar-refractivity contribution is -0.115. The van der Waals surface area contributed by atoms with E-state index in [1.807, 2.05) is 6.92 Å². The minimum atomic E-state index is 0.0446. The Morgan fingerprint density at radius 1 is 1.47 bits per heavy atom. The second kappa shape index (κ2) is 5.16. The SMILES string of the molecule is CC#CCCCC(C)(C)C1=CCCC1=O. The molecule has 1 aliphatic carbocycles. The minimum Gasteiger partial charge on any atom is -0.295 e. The molecular formula is C14H20O. The van der Waals surface area contributed by atoms with Gasteiger partial charge in [0.2, 0.25) is 0 Å². The molecule has 0 aliphatic heterocycles. The van der Waals surface area contributed by atoms with Gasteiger partial charge in [-0.05, 0) is 37.2 Å². The largest absolute Gasteiger partial charge is 0.295 e. The fourth-order valence-corrected chi connectivity index (χ4v) is 2.13. The summed E-state index contributed by atoms with van der Waals surface area (Å²) in [5, 5.41) is 0. The molecule has 0 saturated carbocycles. The maximum atomic E-state index is 11.6. The number of rotatable bonds is 4. The van der Waals surface area contributed by atoms with Crippen molar-refractivity contribution in [1.29, 1.82) is 0 Å². The molecule has 15 heavy (non-hydrogen) atoms. The molecule has 1 rings (SSSR count). The molecule has 0 heterocycles. The second-order valence-electron chi connectivity index (χ2n) is 4.74. The Kier molecular flexibility index (Phi) is 4.15. The fourth-order valence-electron chi connectivity index (χ4n) is 2.13. The molecule has 0 N–H and O–H groups in total. The predicted molar refractivity (Wildman–Crippen MR) is 63.4 cm³/mol. The number of carbonyl (C=O) groups is 1. The van der Waals surface area contributed by atoms with Crippen LogP contribution < -0.4 is 0 Å². The number of Topliss-reactive ketones (excluding diaryl/α,β-unsaturated/α-hetero) is 1. The Bertz CT molecular complexity index is 323. The average Bonchev–Trinajstić information content (AvgIpc) is 2.60. The van der Waals surface area contributed by atoms with Crippen LogP contribution >= 0.6 is 0 Å². The molecule has 0 atom stereocenters. The van der Waals surface area contributed by atoms with Crippen LogP contribution in [0.25, 0.3) is 0 Å². The summed E-state index contributed by atoms with van der Waals surface area (Å²) in [7, 11) is 0. The summed E-state index contributed by atoms with van der Waals surface area (Å²) in [5.41, 5.74) is 1.09. The van der Waals surface area contributed by atoms with Crippen LogP contribution in [0.1, 0.15) is 52.9 Å². The molecule has 0 aromatic rings. The molecule has 0 fully saturated rings. The van der Waals surface area contributed by atoms with Crippen molar-refractivity contribution in [2.45, 2.75) is 52.9 Å². The van der Waals surface area contributed by atoms with Gasteiger partial charge in [-0.1, -0.05) is 19.9 Å². The number of unbranched alkanes of at least 4 members (excludes halogenated alkanes) is 1. The maximum Gasteiger partial charge on any atom is 0.159 e. The normalized spacial score (nSPS) is 15.9. The molecule has 1 nitrogen and oxygen atoms in total. The smallest absolute Gasteiger partial charge is 0.159 e. The zero-order chi connectivity index (χ0) is 11.3. The van der Waals surface area contributed by atoms with Crippen LogP contribution in [-0.4, -0.2) is 5.78 Å². The van der Waals surface area contributed by atoms with E-state index in [9.17, 15) is 4.79 Å². The van der Waals surface area contributed by atoms with Crippen LogP contribution in [0.3, 0.4) is 0 Å². The Morgan fingerprint density at radius 3 is 2.73 bits per heavy atom. The number of ketones is 1. The summed E-state index contributed by atoms with van der Waals surface area (Å²) >= 11 is 0. The van der Waals surface area contributed by atoms with Crippen molar-refractivity contribution in [3.8, 4) is 11.8 Å². The first-order chi connectivity index (χ1) is 7.08. The molecule has 82 valence electrons. The van der Waals surface area contributed by atoms with E-state index in [0.717, 1.165) is 31.3 Å². The molecule has 1 aliphatic rings. The third kappa shape index (κ3) is 3.23. The van der Waals surface area contributed by atoms with E-state index in [-0.39, 0.29) is 5.41 Å². The highest BCUT2D eigenvalue weighted by Gasteiger charge is 2.29. The monoisotopic (exact) mass is 204 g/mol. The van der Waals surface area contributed by atoms with Gasteiger partial charge in [0.25, 0.3) is 0 Å². The van der Waals surface area contributed by atoms with Gasteiger partial charge in [-0.25, -0.2) is 0 Å². The van der Waals surface area contributed by atoms with Gasteiger partial charge in [-0.3, -0.25) is 4.79 Å². The van der Waals surface area contributed by atoms with E-state index in [1.165, 1.54) is 0 Å². The topological polar surface area (TPSA) is 17.1 Å². The molecule has 0 spiro atoms. The molecule has 0 aromatic carbocycles. The van der Waals surface area contributed by atoms with E-state index in [2.05, 4.69) is 31.8 Å². The van der Waals surface area contributed by atoms with Crippen molar-refractivity contribution in [2.24, 2.45) is 5.41 Å². The summed E-state index contributed by atoms with van der Waals surface area (Å²) < 4.78 is 0. The molecule has 1 heteroatoms. The van der Waals surface area contributed by atoms with Gasteiger partial charge >= 0.3 is 0 Å². The van der Waals surface area contributed by atoms with Crippen LogP contribution in [0.2, 0.25) is 0 Å². The Morgan fingerprint density at radius 2 is 2.20 bits per heavy atom. The van der Waals surface area contributed by atoms with E-state index in [0.29, 0.717) is 12.2 Å². The highest BCUT2D eigenvalue weighted by atomic mass is 16.1. The number of hydrogen-bond donors (Lipinski definition) is 0. The van der Waals surface area contributed by atoms with Crippen molar-refractivity contribution < 1.29 is 4.79 Å². The highest BCUT2D eigenvalue weighted by molar-refractivity contribution is 5.98. The van der Waals surface area contributed by atoms with E-state index in [4.69, 9.17) is 0 Å². The van der Waals surface area contributed by atoms with Crippen LogP contribution in [0.4, 0.5) is 0 Å². The molecule has 0 radical (unpaired) electrons. The van der Waals surface area contributed by atoms with E-state index in [1.54, 1.807) is 0 Å². The number of hydrogen-bond acceptors (Lipinski definition) is 1. The molecule has 0 saturated heterocycles. The summed E-state index contributed by atoms with van der Waals surface area (Å²) in [6, 6.07) is 0. The van der Waals surface area contributed by atoms with Gasteiger partial charge in [-0.2, -0.15) is 0 Å². The van der Waals surface area contributed by atoms with Gasteiger partial charge in [0.1, 0.15) is 0 Å². The maximum absolute atomic E-state index is 11.6. The minimum absolute atomic E-state index is 0.0446. The standard InChI is InChI=1S/C14H20O/c1-4-5-6-7-11-14(2,3)12-9-8-10-13(12)15/h9H,6-8,10-11H2,1-3H3. The van der Waals surface area contributed by atoms with Crippen molar-refractivity contribution in [3.05, 3.63) is 11.6 Å². The van der Waals surface area contributed by atoms with Gasteiger partial charge in [0.15, 0.2) is 5.78 Å². The van der Waals surface area contributed by atoms with Crippen LogP contribution in [0.5, 0.6) is 0 Å². The first kappa shape index (κ1) is 12.0. The molecular weight excluding hydrogens is 184 g/mol. The Balaban J connectivity index is 2.50. The second-order valence-corrected chi connectivity index (χ2v) is 4.74. The van der Waals surface area contributed by atoms with Gasteiger partial charge in [0, 0.05) is 12.8 Å². The first-order valence-corrected chi connectivity index (χ1v) is 5.71. The highest BCUT2D eigenvalue weighted by Crippen LogP contribution is 2.36.